The van der Waals surface area contributed by atoms with Gasteiger partial charge >= 0.3 is 12.1 Å². The van der Waals surface area contributed by atoms with Crippen LogP contribution in [-0.2, 0) is 25.9 Å². The third kappa shape index (κ3) is 5.62. The fourth-order valence-corrected chi connectivity index (χ4v) is 6.22. The first-order valence-electron chi connectivity index (χ1n) is 8.98. The van der Waals surface area contributed by atoms with Crippen molar-refractivity contribution in [1.29, 1.82) is 0 Å². The van der Waals surface area contributed by atoms with Gasteiger partial charge in [0.25, 0.3) is 0 Å². The zero-order valence-electron chi connectivity index (χ0n) is 15.8. The van der Waals surface area contributed by atoms with Crippen LogP contribution in [0.1, 0.15) is 18.9 Å². The molecule has 2 heterocycles. The monoisotopic (exact) mass is 457 g/mol. The summed E-state index contributed by atoms with van der Waals surface area (Å²) in [5.41, 5.74) is 1.16. The SMILES string of the molecule is CCOCC1CCS(=O)(=O)C12CN(Cc1ccc(Cl)cc1)C2.O=C(O)C(F)(F)F. The number of benzene rings is 1. The third-order valence-electron chi connectivity index (χ3n) is 5.17. The molecule has 11 heteroatoms. The average molecular weight is 458 g/mol. The van der Waals surface area contributed by atoms with Gasteiger partial charge in [-0.15, -0.1) is 0 Å². The molecule has 0 aromatic heterocycles. The smallest absolute Gasteiger partial charge is 0.475 e. The number of hydrogen-bond donors (Lipinski definition) is 1. The van der Waals surface area contributed by atoms with E-state index in [1.807, 2.05) is 31.2 Å². The predicted octanol–water partition coefficient (Wildman–Crippen LogP) is 3.00. The van der Waals surface area contributed by atoms with Gasteiger partial charge in [0.1, 0.15) is 4.75 Å². The van der Waals surface area contributed by atoms with E-state index in [0.717, 1.165) is 23.6 Å². The van der Waals surface area contributed by atoms with Crippen LogP contribution in [0.15, 0.2) is 24.3 Å². The second kappa shape index (κ2) is 9.20. The van der Waals surface area contributed by atoms with E-state index in [-0.39, 0.29) is 5.92 Å². The zero-order valence-corrected chi connectivity index (χ0v) is 17.4. The summed E-state index contributed by atoms with van der Waals surface area (Å²) in [4.78, 5) is 11.1. The summed E-state index contributed by atoms with van der Waals surface area (Å²) in [6.45, 7) is 5.16. The number of carboxylic acids is 1. The number of halogens is 4. The number of likely N-dealkylation sites (tertiary alicyclic amines) is 1. The van der Waals surface area contributed by atoms with E-state index in [9.17, 15) is 21.6 Å². The molecular formula is C18H23ClF3NO5S. The van der Waals surface area contributed by atoms with Gasteiger partial charge in [-0.05, 0) is 31.0 Å². The summed E-state index contributed by atoms with van der Waals surface area (Å²) >= 11 is 5.89. The van der Waals surface area contributed by atoms with Crippen molar-refractivity contribution in [3.8, 4) is 0 Å². The Balaban J connectivity index is 0.000000370. The minimum atomic E-state index is -5.08. The number of carbonyl (C=O) groups is 1. The lowest BCUT2D eigenvalue weighted by Crippen LogP contribution is -2.67. The highest BCUT2D eigenvalue weighted by atomic mass is 35.5. The summed E-state index contributed by atoms with van der Waals surface area (Å²) in [6.07, 6.45) is -4.35. The van der Waals surface area contributed by atoms with Gasteiger partial charge in [-0.1, -0.05) is 23.7 Å². The van der Waals surface area contributed by atoms with Crippen LogP contribution in [-0.4, -0.2) is 67.4 Å². The van der Waals surface area contributed by atoms with Gasteiger partial charge in [0.15, 0.2) is 9.84 Å². The lowest BCUT2D eigenvalue weighted by molar-refractivity contribution is -0.192. The summed E-state index contributed by atoms with van der Waals surface area (Å²) < 4.78 is 61.6. The number of hydrogen-bond acceptors (Lipinski definition) is 5. The van der Waals surface area contributed by atoms with Crippen LogP contribution in [0.4, 0.5) is 13.2 Å². The lowest BCUT2D eigenvalue weighted by atomic mass is 9.83. The number of carboxylic acid groups (broad SMARTS) is 1. The summed E-state index contributed by atoms with van der Waals surface area (Å²) in [5, 5.41) is 7.85. The highest BCUT2D eigenvalue weighted by Crippen LogP contribution is 2.45. The van der Waals surface area contributed by atoms with E-state index in [1.54, 1.807) is 0 Å². The predicted molar refractivity (Wildman–Crippen MR) is 102 cm³/mol. The Kier molecular flexibility index (Phi) is 7.58. The van der Waals surface area contributed by atoms with Crippen molar-refractivity contribution < 1.29 is 36.2 Å². The number of rotatable bonds is 5. The molecule has 0 saturated carbocycles. The second-order valence-corrected chi connectivity index (χ2v) is 9.99. The Bertz CT molecular complexity index is 808. The molecule has 164 valence electrons. The molecule has 1 aromatic carbocycles. The summed E-state index contributed by atoms with van der Waals surface area (Å²) in [5.74, 6) is -2.31. The third-order valence-corrected chi connectivity index (χ3v) is 8.02. The van der Waals surface area contributed by atoms with Crippen molar-refractivity contribution in [3.05, 3.63) is 34.9 Å². The van der Waals surface area contributed by atoms with Crippen molar-refractivity contribution in [3.63, 3.8) is 0 Å². The first kappa shape index (κ1) is 23.9. The molecule has 6 nitrogen and oxygen atoms in total. The van der Waals surface area contributed by atoms with Crippen LogP contribution >= 0.6 is 11.6 Å². The molecule has 1 N–H and O–H groups in total. The molecule has 2 fully saturated rings. The standard InChI is InChI=1S/C16H22ClNO3S.C2HF3O2/c1-2-21-10-14-7-8-22(19,20)16(14)11-18(12-16)9-13-3-5-15(17)6-4-13;3-2(4,5)1(6)7/h3-6,14H,2,7-12H2,1H3;(H,6,7). The summed E-state index contributed by atoms with van der Waals surface area (Å²) in [7, 11) is -3.00. The largest absolute Gasteiger partial charge is 0.490 e. The Morgan fingerprint density at radius 3 is 2.34 bits per heavy atom. The maximum atomic E-state index is 12.5. The van der Waals surface area contributed by atoms with E-state index in [1.165, 1.54) is 0 Å². The van der Waals surface area contributed by atoms with Crippen LogP contribution in [0.2, 0.25) is 5.02 Å². The number of alkyl halides is 3. The van der Waals surface area contributed by atoms with E-state index >= 15 is 0 Å². The maximum Gasteiger partial charge on any atom is 0.490 e. The normalized spacial score (nSPS) is 22.6. The number of ether oxygens (including phenoxy) is 1. The first-order chi connectivity index (χ1) is 13.4. The number of nitrogens with zero attached hydrogens (tertiary/aromatic N) is 1. The Morgan fingerprint density at radius 1 is 1.31 bits per heavy atom. The van der Waals surface area contributed by atoms with Crippen LogP contribution in [0, 0.1) is 5.92 Å². The Hall–Kier alpha value is -1.36. The van der Waals surface area contributed by atoms with Crippen molar-refractivity contribution >= 4 is 27.4 Å². The zero-order chi connectivity index (χ0) is 21.9. The van der Waals surface area contributed by atoms with Crippen LogP contribution in [0.5, 0.6) is 0 Å². The molecule has 2 saturated heterocycles. The minimum absolute atomic E-state index is 0.138. The van der Waals surface area contributed by atoms with E-state index in [0.29, 0.717) is 32.1 Å². The quantitative estimate of drug-likeness (QED) is 0.731. The maximum absolute atomic E-state index is 12.5. The van der Waals surface area contributed by atoms with Gasteiger partial charge in [-0.25, -0.2) is 13.2 Å². The molecule has 1 unspecified atom stereocenters. The van der Waals surface area contributed by atoms with Gasteiger partial charge in [-0.2, -0.15) is 13.2 Å². The molecule has 0 radical (unpaired) electrons. The van der Waals surface area contributed by atoms with Crippen LogP contribution < -0.4 is 0 Å². The molecule has 0 aliphatic carbocycles. The molecular weight excluding hydrogens is 435 g/mol. The van der Waals surface area contributed by atoms with Crippen LogP contribution in [0.3, 0.4) is 0 Å². The molecule has 0 bridgehead atoms. The Labute approximate surface area is 172 Å². The molecule has 2 aliphatic rings. The fourth-order valence-electron chi connectivity index (χ4n) is 3.64. The molecule has 3 rings (SSSR count). The average Bonchev–Trinajstić information content (AvgIpc) is 2.85. The first-order valence-corrected chi connectivity index (χ1v) is 11.0. The van der Waals surface area contributed by atoms with Gasteiger partial charge in [0.05, 0.1) is 12.4 Å². The van der Waals surface area contributed by atoms with Crippen molar-refractivity contribution in [1.82, 2.24) is 4.90 Å². The number of aliphatic carboxylic acids is 1. The topological polar surface area (TPSA) is 83.9 Å². The molecule has 1 spiro atoms. The molecule has 2 aliphatic heterocycles. The number of sulfone groups is 1. The molecule has 0 amide bonds. The summed E-state index contributed by atoms with van der Waals surface area (Å²) in [6, 6.07) is 7.73. The van der Waals surface area contributed by atoms with Gasteiger partial charge in [0, 0.05) is 37.2 Å². The van der Waals surface area contributed by atoms with Gasteiger partial charge in [0.2, 0.25) is 0 Å². The van der Waals surface area contributed by atoms with E-state index in [2.05, 4.69) is 4.90 Å². The van der Waals surface area contributed by atoms with Crippen LogP contribution in [0.25, 0.3) is 0 Å². The minimum Gasteiger partial charge on any atom is -0.475 e. The highest BCUT2D eigenvalue weighted by molar-refractivity contribution is 7.93. The van der Waals surface area contributed by atoms with Crippen molar-refractivity contribution in [2.75, 3.05) is 32.1 Å². The van der Waals surface area contributed by atoms with Crippen molar-refractivity contribution in [2.45, 2.75) is 30.8 Å². The van der Waals surface area contributed by atoms with Gasteiger partial charge < -0.3 is 9.84 Å². The fraction of sp³-hybridized carbons (Fsp3) is 0.611. The van der Waals surface area contributed by atoms with Crippen molar-refractivity contribution in [2.24, 2.45) is 5.92 Å². The Morgan fingerprint density at radius 2 is 1.86 bits per heavy atom. The lowest BCUT2D eigenvalue weighted by Gasteiger charge is -2.50. The van der Waals surface area contributed by atoms with E-state index in [4.69, 9.17) is 26.2 Å². The highest BCUT2D eigenvalue weighted by Gasteiger charge is 2.61. The molecule has 29 heavy (non-hydrogen) atoms. The molecule has 1 atom stereocenters. The second-order valence-electron chi connectivity index (χ2n) is 7.10. The molecule has 1 aromatic rings. The van der Waals surface area contributed by atoms with E-state index < -0.39 is 26.7 Å². The van der Waals surface area contributed by atoms with Gasteiger partial charge in [-0.3, -0.25) is 4.90 Å².